The van der Waals surface area contributed by atoms with Crippen LogP contribution in [0.25, 0.3) is 4.96 Å². The van der Waals surface area contributed by atoms with Crippen LogP contribution in [0, 0.1) is 0 Å². The lowest BCUT2D eigenvalue weighted by Crippen LogP contribution is -2.16. The fourth-order valence-corrected chi connectivity index (χ4v) is 4.38. The summed E-state index contributed by atoms with van der Waals surface area (Å²) < 4.78 is 7.86. The summed E-state index contributed by atoms with van der Waals surface area (Å²) in [7, 11) is 0. The van der Waals surface area contributed by atoms with Gasteiger partial charge >= 0.3 is 5.97 Å². The molecule has 130 valence electrons. The average Bonchev–Trinajstić information content (AvgIpc) is 3.35. The topological polar surface area (TPSA) is 81.4 Å². The van der Waals surface area contributed by atoms with Crippen LogP contribution in [0.5, 0.6) is 0 Å². The average molecular weight is 375 g/mol. The highest BCUT2D eigenvalue weighted by Gasteiger charge is 2.23. The highest BCUT2D eigenvalue weighted by atomic mass is 32.2. The van der Waals surface area contributed by atoms with Crippen molar-refractivity contribution < 1.29 is 9.53 Å². The standard InChI is InChI=1S/C16H17N5O2S2/c22-13(23-9-11-5-2-1-3-6-11)10-24-16-20-21-14(12-7-4-8-17-12)18-19-15(21)25-16/h1-3,5-6,12,17H,4,7-10H2/t12-/m1/s1. The minimum absolute atomic E-state index is 0.214. The third kappa shape index (κ3) is 3.83. The van der Waals surface area contributed by atoms with Gasteiger partial charge in [-0.2, -0.15) is 4.52 Å². The van der Waals surface area contributed by atoms with E-state index in [1.807, 2.05) is 30.3 Å². The molecule has 4 rings (SSSR count). The van der Waals surface area contributed by atoms with Crippen LogP contribution in [-0.2, 0) is 16.1 Å². The van der Waals surface area contributed by atoms with Gasteiger partial charge in [-0.25, -0.2) is 0 Å². The molecule has 1 aliphatic rings. The van der Waals surface area contributed by atoms with Gasteiger partial charge in [-0.3, -0.25) is 4.79 Å². The number of benzene rings is 1. The number of fused-ring (bicyclic) bond motifs is 1. The van der Waals surface area contributed by atoms with Gasteiger partial charge in [0.25, 0.3) is 0 Å². The van der Waals surface area contributed by atoms with Crippen LogP contribution in [0.3, 0.4) is 0 Å². The molecule has 3 heterocycles. The zero-order chi connectivity index (χ0) is 17.1. The largest absolute Gasteiger partial charge is 0.460 e. The molecule has 1 N–H and O–H groups in total. The van der Waals surface area contributed by atoms with E-state index in [0.717, 1.165) is 40.1 Å². The predicted octanol–water partition coefficient (Wildman–Crippen LogP) is 2.45. The summed E-state index contributed by atoms with van der Waals surface area (Å²) in [5, 5.41) is 16.4. The van der Waals surface area contributed by atoms with Crippen molar-refractivity contribution in [3.63, 3.8) is 0 Å². The Morgan fingerprint density at radius 2 is 2.24 bits per heavy atom. The van der Waals surface area contributed by atoms with E-state index in [4.69, 9.17) is 4.74 Å². The van der Waals surface area contributed by atoms with Crippen LogP contribution in [0.1, 0.15) is 30.3 Å². The van der Waals surface area contributed by atoms with Crippen molar-refractivity contribution in [2.24, 2.45) is 0 Å². The second-order valence-electron chi connectivity index (χ2n) is 5.70. The Labute approximate surface area is 152 Å². The van der Waals surface area contributed by atoms with Gasteiger partial charge in [0.1, 0.15) is 6.61 Å². The number of carbonyl (C=O) groups is 1. The fourth-order valence-electron chi connectivity index (χ4n) is 2.70. The molecular weight excluding hydrogens is 358 g/mol. The first-order valence-corrected chi connectivity index (χ1v) is 9.88. The summed E-state index contributed by atoms with van der Waals surface area (Å²) in [5.41, 5.74) is 0.980. The van der Waals surface area contributed by atoms with E-state index in [1.165, 1.54) is 23.1 Å². The third-order valence-electron chi connectivity index (χ3n) is 3.92. The van der Waals surface area contributed by atoms with Crippen molar-refractivity contribution in [1.29, 1.82) is 0 Å². The number of hydrogen-bond donors (Lipinski definition) is 1. The predicted molar refractivity (Wildman–Crippen MR) is 95.6 cm³/mol. The molecule has 1 aromatic carbocycles. The quantitative estimate of drug-likeness (QED) is 0.523. The van der Waals surface area contributed by atoms with Crippen LogP contribution in [0.4, 0.5) is 0 Å². The highest BCUT2D eigenvalue weighted by Crippen LogP contribution is 2.28. The number of carbonyl (C=O) groups excluding carboxylic acids is 1. The van der Waals surface area contributed by atoms with E-state index >= 15 is 0 Å². The molecule has 0 spiro atoms. The molecule has 3 aromatic rings. The molecule has 9 heteroatoms. The van der Waals surface area contributed by atoms with Gasteiger partial charge < -0.3 is 10.1 Å². The van der Waals surface area contributed by atoms with Crippen LogP contribution >= 0.6 is 23.1 Å². The maximum absolute atomic E-state index is 11.9. The molecular formula is C16H17N5O2S2. The van der Waals surface area contributed by atoms with Crippen LogP contribution in [-0.4, -0.2) is 38.1 Å². The van der Waals surface area contributed by atoms with Gasteiger partial charge in [0.15, 0.2) is 10.2 Å². The van der Waals surface area contributed by atoms with Crippen molar-refractivity contribution in [3.05, 3.63) is 41.7 Å². The molecule has 0 amide bonds. The summed E-state index contributed by atoms with van der Waals surface area (Å²) in [6.07, 6.45) is 2.19. The molecule has 1 atom stereocenters. The second-order valence-corrected chi connectivity index (χ2v) is 7.88. The van der Waals surface area contributed by atoms with E-state index in [-0.39, 0.29) is 17.8 Å². The Morgan fingerprint density at radius 3 is 3.04 bits per heavy atom. The van der Waals surface area contributed by atoms with Crippen molar-refractivity contribution >= 4 is 34.0 Å². The van der Waals surface area contributed by atoms with Gasteiger partial charge in [-0.1, -0.05) is 53.4 Å². The second kappa shape index (κ2) is 7.51. The van der Waals surface area contributed by atoms with Crippen molar-refractivity contribution in [2.45, 2.75) is 29.8 Å². The Balaban J connectivity index is 1.34. The number of aromatic nitrogens is 4. The lowest BCUT2D eigenvalue weighted by molar-refractivity contribution is -0.141. The summed E-state index contributed by atoms with van der Waals surface area (Å²) >= 11 is 2.81. The minimum atomic E-state index is -0.252. The summed E-state index contributed by atoms with van der Waals surface area (Å²) in [6, 6.07) is 9.86. The lowest BCUT2D eigenvalue weighted by atomic mass is 10.2. The molecule has 0 aliphatic carbocycles. The molecule has 1 fully saturated rings. The number of rotatable bonds is 6. The Hall–Kier alpha value is -1.97. The van der Waals surface area contributed by atoms with E-state index in [0.29, 0.717) is 6.61 Å². The lowest BCUT2D eigenvalue weighted by Gasteiger charge is -2.05. The molecule has 2 aromatic heterocycles. The van der Waals surface area contributed by atoms with E-state index < -0.39 is 0 Å². The maximum atomic E-state index is 11.9. The Kier molecular flexibility index (Phi) is 4.95. The highest BCUT2D eigenvalue weighted by molar-refractivity contribution is 8.01. The number of nitrogens with one attached hydrogen (secondary N) is 1. The molecule has 0 radical (unpaired) electrons. The van der Waals surface area contributed by atoms with Gasteiger partial charge in [0.05, 0.1) is 11.8 Å². The third-order valence-corrected chi connectivity index (χ3v) is 5.93. The molecule has 1 saturated heterocycles. The summed E-state index contributed by atoms with van der Waals surface area (Å²) in [4.78, 5) is 12.7. The molecule has 0 saturated carbocycles. The number of nitrogens with zero attached hydrogens (tertiary/aromatic N) is 4. The Bertz CT molecular complexity index is 858. The molecule has 25 heavy (non-hydrogen) atoms. The van der Waals surface area contributed by atoms with E-state index in [2.05, 4.69) is 20.6 Å². The zero-order valence-electron chi connectivity index (χ0n) is 13.4. The number of esters is 1. The van der Waals surface area contributed by atoms with Crippen LogP contribution in [0.2, 0.25) is 0 Å². The first-order valence-electron chi connectivity index (χ1n) is 8.07. The molecule has 0 bridgehead atoms. The molecule has 1 aliphatic heterocycles. The number of ether oxygens (including phenoxy) is 1. The minimum Gasteiger partial charge on any atom is -0.460 e. The number of hydrogen-bond acceptors (Lipinski definition) is 8. The van der Waals surface area contributed by atoms with Gasteiger partial charge in [-0.15, -0.1) is 15.3 Å². The van der Waals surface area contributed by atoms with Crippen molar-refractivity contribution in [1.82, 2.24) is 25.1 Å². The normalized spacial score (nSPS) is 17.2. The van der Waals surface area contributed by atoms with Gasteiger partial charge in [0, 0.05) is 0 Å². The summed E-state index contributed by atoms with van der Waals surface area (Å²) in [6.45, 7) is 1.29. The smallest absolute Gasteiger partial charge is 0.316 e. The van der Waals surface area contributed by atoms with E-state index in [1.54, 1.807) is 4.52 Å². The SMILES string of the molecule is O=C(CSc1nn2c([C@H]3CCCN3)nnc2s1)OCc1ccccc1. The first-order chi connectivity index (χ1) is 12.3. The van der Waals surface area contributed by atoms with Crippen LogP contribution in [0.15, 0.2) is 34.7 Å². The zero-order valence-corrected chi connectivity index (χ0v) is 15.1. The van der Waals surface area contributed by atoms with Gasteiger partial charge in [0.2, 0.25) is 4.96 Å². The monoisotopic (exact) mass is 375 g/mol. The van der Waals surface area contributed by atoms with Crippen molar-refractivity contribution in [2.75, 3.05) is 12.3 Å². The number of thioether (sulfide) groups is 1. The summed E-state index contributed by atoms with van der Waals surface area (Å²) in [5.74, 6) is 0.827. The van der Waals surface area contributed by atoms with Gasteiger partial charge in [-0.05, 0) is 24.9 Å². The van der Waals surface area contributed by atoms with Crippen LogP contribution < -0.4 is 5.32 Å². The Morgan fingerprint density at radius 1 is 1.36 bits per heavy atom. The molecule has 0 unspecified atom stereocenters. The first kappa shape index (κ1) is 16.5. The molecule has 7 nitrogen and oxygen atoms in total. The van der Waals surface area contributed by atoms with E-state index in [9.17, 15) is 4.79 Å². The van der Waals surface area contributed by atoms with Crippen molar-refractivity contribution in [3.8, 4) is 0 Å². The fraction of sp³-hybridized carbons (Fsp3) is 0.375. The maximum Gasteiger partial charge on any atom is 0.316 e.